The molecule has 0 atom stereocenters. The van der Waals surface area contributed by atoms with E-state index in [2.05, 4.69) is 29.4 Å². The Balaban J connectivity index is 2.11. The fraction of sp³-hybridized carbons (Fsp3) is 0.467. The van der Waals surface area contributed by atoms with E-state index < -0.39 is 5.97 Å². The Hall–Kier alpha value is -2.64. The summed E-state index contributed by atoms with van der Waals surface area (Å²) in [6.07, 6.45) is 0.530. The summed E-state index contributed by atoms with van der Waals surface area (Å²) >= 11 is 0. The zero-order valence-electron chi connectivity index (χ0n) is 13.3. The van der Waals surface area contributed by atoms with Crippen LogP contribution in [0.4, 0.5) is 5.69 Å². The number of carboxylic acids is 1. The van der Waals surface area contributed by atoms with Gasteiger partial charge in [0, 0.05) is 18.5 Å². The molecule has 2 rings (SSSR count). The van der Waals surface area contributed by atoms with Crippen molar-refractivity contribution in [3.05, 3.63) is 18.2 Å². The number of rotatable bonds is 8. The van der Waals surface area contributed by atoms with Crippen molar-refractivity contribution in [1.82, 2.24) is 20.2 Å². The van der Waals surface area contributed by atoms with Gasteiger partial charge >= 0.3 is 5.97 Å². The predicted molar refractivity (Wildman–Crippen MR) is 84.9 cm³/mol. The van der Waals surface area contributed by atoms with Gasteiger partial charge in [-0.3, -0.25) is 4.79 Å². The zero-order valence-corrected chi connectivity index (χ0v) is 13.3. The molecule has 0 spiro atoms. The van der Waals surface area contributed by atoms with Crippen LogP contribution in [0.5, 0.6) is 5.75 Å². The Morgan fingerprint density at radius 3 is 2.87 bits per heavy atom. The lowest BCUT2D eigenvalue weighted by Crippen LogP contribution is -2.07. The van der Waals surface area contributed by atoms with E-state index in [-0.39, 0.29) is 6.42 Å². The lowest BCUT2D eigenvalue weighted by Gasteiger charge is -2.12. The third-order valence-electron chi connectivity index (χ3n) is 3.13. The normalized spacial score (nSPS) is 10.9. The monoisotopic (exact) mass is 319 g/mol. The summed E-state index contributed by atoms with van der Waals surface area (Å²) in [6.45, 7) is 5.16. The maximum Gasteiger partial charge on any atom is 0.303 e. The number of carboxylic acid groups (broad SMARTS) is 1. The van der Waals surface area contributed by atoms with E-state index in [9.17, 15) is 4.79 Å². The molecule has 3 N–H and O–H groups in total. The molecule has 0 saturated carbocycles. The quantitative estimate of drug-likeness (QED) is 0.713. The van der Waals surface area contributed by atoms with Crippen molar-refractivity contribution in [1.29, 1.82) is 0 Å². The minimum absolute atomic E-state index is 0.0728. The first-order valence-corrected chi connectivity index (χ1v) is 7.48. The van der Waals surface area contributed by atoms with Crippen LogP contribution in [0.1, 0.15) is 26.7 Å². The van der Waals surface area contributed by atoms with E-state index in [0.717, 1.165) is 5.56 Å². The van der Waals surface area contributed by atoms with E-state index in [0.29, 0.717) is 42.8 Å². The number of hydrogen-bond donors (Lipinski definition) is 2. The minimum Gasteiger partial charge on any atom is -0.491 e. The lowest BCUT2D eigenvalue weighted by atomic mass is 10.1. The second-order valence-corrected chi connectivity index (χ2v) is 5.68. The summed E-state index contributed by atoms with van der Waals surface area (Å²) < 4.78 is 7.22. The van der Waals surface area contributed by atoms with Crippen molar-refractivity contribution in [3.63, 3.8) is 0 Å². The van der Waals surface area contributed by atoms with Gasteiger partial charge in [-0.2, -0.15) is 0 Å². The van der Waals surface area contributed by atoms with Crippen molar-refractivity contribution in [2.24, 2.45) is 5.92 Å². The Labute approximate surface area is 134 Å². The molecule has 8 heteroatoms. The Bertz CT molecular complexity index is 669. The van der Waals surface area contributed by atoms with Gasteiger partial charge in [-0.05, 0) is 41.0 Å². The van der Waals surface area contributed by atoms with Crippen LogP contribution < -0.4 is 10.5 Å². The molecule has 8 nitrogen and oxygen atoms in total. The van der Waals surface area contributed by atoms with Gasteiger partial charge in [0.15, 0.2) is 5.82 Å². The molecule has 0 amide bonds. The van der Waals surface area contributed by atoms with Crippen molar-refractivity contribution in [2.45, 2.75) is 33.2 Å². The first-order chi connectivity index (χ1) is 11.0. The number of carbonyl (C=O) groups is 1. The van der Waals surface area contributed by atoms with Crippen molar-refractivity contribution in [2.75, 3.05) is 12.3 Å². The third kappa shape index (κ3) is 4.67. The molecule has 0 aliphatic carbocycles. The molecule has 23 heavy (non-hydrogen) atoms. The number of nitrogen functional groups attached to an aromatic ring is 1. The first-order valence-electron chi connectivity index (χ1n) is 7.48. The number of nitrogens with two attached hydrogens (primary N) is 1. The number of aryl methyl sites for hydroxylation is 1. The zero-order chi connectivity index (χ0) is 16.8. The van der Waals surface area contributed by atoms with Gasteiger partial charge in [0.1, 0.15) is 5.75 Å². The average molecular weight is 319 g/mol. The van der Waals surface area contributed by atoms with Crippen LogP contribution in [0.15, 0.2) is 18.2 Å². The van der Waals surface area contributed by atoms with Gasteiger partial charge in [-0.15, -0.1) is 5.10 Å². The molecule has 0 radical (unpaired) electrons. The molecular formula is C15H21N5O3. The summed E-state index contributed by atoms with van der Waals surface area (Å²) in [5, 5.41) is 20.2. The largest absolute Gasteiger partial charge is 0.491 e. The topological polar surface area (TPSA) is 116 Å². The summed E-state index contributed by atoms with van der Waals surface area (Å²) in [5.41, 5.74) is 7.30. The van der Waals surface area contributed by atoms with E-state index in [1.807, 2.05) is 6.07 Å². The van der Waals surface area contributed by atoms with Crippen LogP contribution in [0.2, 0.25) is 0 Å². The van der Waals surface area contributed by atoms with Crippen molar-refractivity contribution < 1.29 is 14.6 Å². The van der Waals surface area contributed by atoms with Gasteiger partial charge in [-0.1, -0.05) is 13.8 Å². The Kier molecular flexibility index (Phi) is 5.51. The highest BCUT2D eigenvalue weighted by Gasteiger charge is 2.12. The summed E-state index contributed by atoms with van der Waals surface area (Å²) in [7, 11) is 0. The van der Waals surface area contributed by atoms with E-state index in [1.54, 1.807) is 16.8 Å². The number of tetrazole rings is 1. The fourth-order valence-electron chi connectivity index (χ4n) is 2.02. The van der Waals surface area contributed by atoms with Gasteiger partial charge in [0.2, 0.25) is 0 Å². The predicted octanol–water partition coefficient (Wildman–Crippen LogP) is 1.82. The van der Waals surface area contributed by atoms with Crippen LogP contribution in [0.3, 0.4) is 0 Å². The summed E-state index contributed by atoms with van der Waals surface area (Å²) in [6, 6.07) is 5.39. The molecule has 0 fully saturated rings. The van der Waals surface area contributed by atoms with Gasteiger partial charge < -0.3 is 15.6 Å². The number of anilines is 1. The molecule has 0 unspecified atom stereocenters. The molecule has 2 aromatic rings. The molecule has 0 aliphatic heterocycles. The highest BCUT2D eigenvalue weighted by Crippen LogP contribution is 2.27. The van der Waals surface area contributed by atoms with Crippen LogP contribution in [-0.2, 0) is 11.3 Å². The van der Waals surface area contributed by atoms with Crippen molar-refractivity contribution in [3.8, 4) is 17.1 Å². The second-order valence-electron chi connectivity index (χ2n) is 5.68. The Morgan fingerprint density at radius 1 is 1.43 bits per heavy atom. The van der Waals surface area contributed by atoms with Crippen LogP contribution in [0, 0.1) is 5.92 Å². The SMILES string of the molecule is CC(C)COc1ccc(-c2nnnn2CCCC(=O)O)cc1N. The molecule has 1 heterocycles. The molecule has 0 aliphatic rings. The molecule has 124 valence electrons. The maximum atomic E-state index is 10.6. The summed E-state index contributed by atoms with van der Waals surface area (Å²) in [5.74, 6) is 0.760. The molecule has 1 aromatic heterocycles. The van der Waals surface area contributed by atoms with Crippen LogP contribution in [0.25, 0.3) is 11.4 Å². The van der Waals surface area contributed by atoms with E-state index in [1.165, 1.54) is 0 Å². The third-order valence-corrected chi connectivity index (χ3v) is 3.13. The highest BCUT2D eigenvalue weighted by atomic mass is 16.5. The maximum absolute atomic E-state index is 10.6. The van der Waals surface area contributed by atoms with E-state index >= 15 is 0 Å². The van der Waals surface area contributed by atoms with Crippen molar-refractivity contribution >= 4 is 11.7 Å². The fourth-order valence-corrected chi connectivity index (χ4v) is 2.02. The van der Waals surface area contributed by atoms with E-state index in [4.69, 9.17) is 15.6 Å². The number of hydrogen-bond acceptors (Lipinski definition) is 6. The second kappa shape index (κ2) is 7.57. The molecule has 0 bridgehead atoms. The number of benzene rings is 1. The van der Waals surface area contributed by atoms with Crippen LogP contribution in [-0.4, -0.2) is 37.9 Å². The molecule has 0 saturated heterocycles. The number of aromatic nitrogens is 4. The van der Waals surface area contributed by atoms with Gasteiger partial charge in [0.25, 0.3) is 0 Å². The van der Waals surface area contributed by atoms with Gasteiger partial charge in [-0.25, -0.2) is 4.68 Å². The summed E-state index contributed by atoms with van der Waals surface area (Å²) in [4.78, 5) is 10.6. The minimum atomic E-state index is -0.837. The average Bonchev–Trinajstić information content (AvgIpc) is 2.94. The molecular weight excluding hydrogens is 298 g/mol. The standard InChI is InChI=1S/C15H21N5O3/c1-10(2)9-23-13-6-5-11(8-12(13)16)15-17-18-19-20(15)7-3-4-14(21)22/h5-6,8,10H,3-4,7,9,16H2,1-2H3,(H,21,22). The highest BCUT2D eigenvalue weighted by molar-refractivity contribution is 5.67. The lowest BCUT2D eigenvalue weighted by molar-refractivity contribution is -0.137. The Morgan fingerprint density at radius 2 is 2.22 bits per heavy atom. The first kappa shape index (κ1) is 16.7. The number of ether oxygens (including phenoxy) is 1. The number of aliphatic carboxylic acids is 1. The van der Waals surface area contributed by atoms with Gasteiger partial charge in [0.05, 0.1) is 12.3 Å². The molecule has 1 aromatic carbocycles. The smallest absolute Gasteiger partial charge is 0.303 e. The van der Waals surface area contributed by atoms with Crippen LogP contribution >= 0.6 is 0 Å². The number of nitrogens with zero attached hydrogens (tertiary/aromatic N) is 4.